The summed E-state index contributed by atoms with van der Waals surface area (Å²) < 4.78 is 6.46. The lowest BCUT2D eigenvalue weighted by molar-refractivity contribution is 0.0376. The van der Waals surface area contributed by atoms with Crippen LogP contribution in [0.15, 0.2) is 33.7 Å². The summed E-state index contributed by atoms with van der Waals surface area (Å²) in [6.07, 6.45) is 1.11. The van der Waals surface area contributed by atoms with Gasteiger partial charge in [0, 0.05) is 30.7 Å². The number of guanidine groups is 1. The van der Waals surface area contributed by atoms with Gasteiger partial charge in [-0.3, -0.25) is 4.90 Å². The van der Waals surface area contributed by atoms with E-state index in [-0.39, 0.29) is 0 Å². The highest BCUT2D eigenvalue weighted by atomic mass is 79.9. The highest BCUT2D eigenvalue weighted by Gasteiger charge is 2.09. The first-order chi connectivity index (χ1) is 11.3. The van der Waals surface area contributed by atoms with Gasteiger partial charge < -0.3 is 15.4 Å². The maximum absolute atomic E-state index is 5.37. The smallest absolute Gasteiger partial charge is 0.191 e. The Hall–Kier alpha value is -1.11. The van der Waals surface area contributed by atoms with Crippen molar-refractivity contribution in [3.8, 4) is 0 Å². The molecule has 128 valence electrons. The molecule has 0 radical (unpaired) electrons. The topological polar surface area (TPSA) is 48.9 Å². The number of benzene rings is 1. The van der Waals surface area contributed by atoms with Gasteiger partial charge in [-0.05, 0) is 37.6 Å². The average Bonchev–Trinajstić information content (AvgIpc) is 2.59. The molecule has 23 heavy (non-hydrogen) atoms. The number of rotatable bonds is 7. The number of halogens is 1. The molecule has 0 spiro atoms. The maximum atomic E-state index is 5.37. The minimum Gasteiger partial charge on any atom is -0.379 e. The first-order valence-corrected chi connectivity index (χ1v) is 9.14. The normalized spacial score (nSPS) is 16.3. The Kier molecular flexibility index (Phi) is 8.42. The predicted molar refractivity (Wildman–Crippen MR) is 98.8 cm³/mol. The average molecular weight is 383 g/mol. The zero-order valence-corrected chi connectivity index (χ0v) is 15.4. The Balaban J connectivity index is 1.71. The highest BCUT2D eigenvalue weighted by Crippen LogP contribution is 2.11. The van der Waals surface area contributed by atoms with Crippen LogP contribution in [0, 0.1) is 0 Å². The third-order valence-corrected chi connectivity index (χ3v) is 4.25. The van der Waals surface area contributed by atoms with Gasteiger partial charge in [0.25, 0.3) is 0 Å². The van der Waals surface area contributed by atoms with Crippen molar-refractivity contribution in [2.45, 2.75) is 19.9 Å². The van der Waals surface area contributed by atoms with Gasteiger partial charge in [0.15, 0.2) is 5.96 Å². The third-order valence-electron chi connectivity index (χ3n) is 3.72. The van der Waals surface area contributed by atoms with Crippen LogP contribution in [-0.2, 0) is 11.3 Å². The summed E-state index contributed by atoms with van der Waals surface area (Å²) in [5.41, 5.74) is 1.21. The lowest BCUT2D eigenvalue weighted by Crippen LogP contribution is -2.40. The molecule has 0 bridgehead atoms. The van der Waals surface area contributed by atoms with Crippen molar-refractivity contribution in [2.24, 2.45) is 4.99 Å². The van der Waals surface area contributed by atoms with Crippen molar-refractivity contribution in [3.05, 3.63) is 34.3 Å². The van der Waals surface area contributed by atoms with E-state index >= 15 is 0 Å². The van der Waals surface area contributed by atoms with Gasteiger partial charge in [0.2, 0.25) is 0 Å². The SMILES string of the molecule is CCNC(=NCc1ccc(Br)cc1)NCCCN1CCOCC1. The minimum absolute atomic E-state index is 0.687. The summed E-state index contributed by atoms with van der Waals surface area (Å²) in [5.74, 6) is 0.886. The van der Waals surface area contributed by atoms with Gasteiger partial charge in [-0.15, -0.1) is 0 Å². The molecular formula is C17H27BrN4O. The molecule has 0 aliphatic carbocycles. The first kappa shape index (κ1) is 18.2. The maximum Gasteiger partial charge on any atom is 0.191 e. The van der Waals surface area contributed by atoms with Crippen LogP contribution < -0.4 is 10.6 Å². The van der Waals surface area contributed by atoms with Crippen LogP contribution in [0.1, 0.15) is 18.9 Å². The highest BCUT2D eigenvalue weighted by molar-refractivity contribution is 9.10. The van der Waals surface area contributed by atoms with Crippen LogP contribution in [0.2, 0.25) is 0 Å². The summed E-state index contributed by atoms with van der Waals surface area (Å²) in [4.78, 5) is 7.10. The van der Waals surface area contributed by atoms with Crippen molar-refractivity contribution in [2.75, 3.05) is 45.9 Å². The molecule has 1 heterocycles. The first-order valence-electron chi connectivity index (χ1n) is 8.34. The molecule has 1 aliphatic rings. The van der Waals surface area contributed by atoms with Gasteiger partial charge in [-0.25, -0.2) is 4.99 Å². The van der Waals surface area contributed by atoms with E-state index in [9.17, 15) is 0 Å². The molecule has 0 unspecified atom stereocenters. The number of ether oxygens (including phenoxy) is 1. The lowest BCUT2D eigenvalue weighted by Gasteiger charge is -2.26. The Morgan fingerprint density at radius 3 is 2.65 bits per heavy atom. The molecule has 1 aliphatic heterocycles. The molecule has 1 fully saturated rings. The van der Waals surface area contributed by atoms with E-state index in [1.54, 1.807) is 0 Å². The number of hydrogen-bond acceptors (Lipinski definition) is 3. The predicted octanol–water partition coefficient (Wildman–Crippen LogP) is 2.23. The second-order valence-corrected chi connectivity index (χ2v) is 6.47. The number of morpholine rings is 1. The number of nitrogens with one attached hydrogen (secondary N) is 2. The van der Waals surface area contributed by atoms with E-state index in [0.717, 1.165) is 62.8 Å². The Morgan fingerprint density at radius 2 is 1.96 bits per heavy atom. The van der Waals surface area contributed by atoms with Crippen molar-refractivity contribution in [3.63, 3.8) is 0 Å². The second-order valence-electron chi connectivity index (χ2n) is 5.56. The van der Waals surface area contributed by atoms with Crippen molar-refractivity contribution in [1.29, 1.82) is 0 Å². The molecular weight excluding hydrogens is 356 g/mol. The van der Waals surface area contributed by atoms with E-state index in [2.05, 4.69) is 55.5 Å². The molecule has 6 heteroatoms. The second kappa shape index (κ2) is 10.6. The largest absolute Gasteiger partial charge is 0.379 e. The van der Waals surface area contributed by atoms with Gasteiger partial charge in [0.05, 0.1) is 19.8 Å². The van der Waals surface area contributed by atoms with Crippen molar-refractivity contribution in [1.82, 2.24) is 15.5 Å². The fourth-order valence-corrected chi connectivity index (χ4v) is 2.70. The summed E-state index contributed by atoms with van der Waals surface area (Å²) >= 11 is 3.45. The monoisotopic (exact) mass is 382 g/mol. The quantitative estimate of drug-likeness (QED) is 0.431. The third kappa shape index (κ3) is 7.33. The molecule has 2 N–H and O–H groups in total. The zero-order valence-electron chi connectivity index (χ0n) is 13.9. The molecule has 0 amide bonds. The van der Waals surface area contributed by atoms with Crippen LogP contribution in [-0.4, -0.2) is 56.8 Å². The summed E-state index contributed by atoms with van der Waals surface area (Å²) in [7, 11) is 0. The van der Waals surface area contributed by atoms with E-state index < -0.39 is 0 Å². The van der Waals surface area contributed by atoms with Crippen molar-refractivity contribution < 1.29 is 4.74 Å². The van der Waals surface area contributed by atoms with Crippen LogP contribution in [0.25, 0.3) is 0 Å². The van der Waals surface area contributed by atoms with E-state index in [0.29, 0.717) is 6.54 Å². The van der Waals surface area contributed by atoms with Gasteiger partial charge in [0.1, 0.15) is 0 Å². The standard InChI is InChI=1S/C17H27BrN4O/c1-2-19-17(21-14-15-4-6-16(18)7-5-15)20-8-3-9-22-10-12-23-13-11-22/h4-7H,2-3,8-14H2,1H3,(H2,19,20,21). The molecule has 0 aromatic heterocycles. The van der Waals surface area contributed by atoms with Crippen LogP contribution >= 0.6 is 15.9 Å². The Bertz CT molecular complexity index is 472. The van der Waals surface area contributed by atoms with Crippen molar-refractivity contribution >= 4 is 21.9 Å². The van der Waals surface area contributed by atoms with Gasteiger partial charge in [-0.2, -0.15) is 0 Å². The van der Waals surface area contributed by atoms with E-state index in [1.165, 1.54) is 5.56 Å². The van der Waals surface area contributed by atoms with Gasteiger partial charge in [-0.1, -0.05) is 28.1 Å². The Morgan fingerprint density at radius 1 is 1.22 bits per heavy atom. The lowest BCUT2D eigenvalue weighted by atomic mass is 10.2. The number of nitrogens with zero attached hydrogens (tertiary/aromatic N) is 2. The summed E-state index contributed by atoms with van der Waals surface area (Å²) in [5, 5.41) is 6.71. The summed E-state index contributed by atoms with van der Waals surface area (Å²) in [6, 6.07) is 8.28. The number of aliphatic imine (C=N–C) groups is 1. The molecule has 0 atom stereocenters. The van der Waals surface area contributed by atoms with Crippen LogP contribution in [0.5, 0.6) is 0 Å². The summed E-state index contributed by atoms with van der Waals surface area (Å²) in [6.45, 7) is 9.53. The molecule has 0 saturated carbocycles. The molecule has 1 saturated heterocycles. The number of hydrogen-bond donors (Lipinski definition) is 2. The van der Waals surface area contributed by atoms with Crippen LogP contribution in [0.3, 0.4) is 0 Å². The molecule has 1 aromatic carbocycles. The molecule has 2 rings (SSSR count). The zero-order chi connectivity index (χ0) is 16.3. The Labute approximate surface area is 147 Å². The fraction of sp³-hybridized carbons (Fsp3) is 0.588. The van der Waals surface area contributed by atoms with Gasteiger partial charge >= 0.3 is 0 Å². The van der Waals surface area contributed by atoms with Crippen LogP contribution in [0.4, 0.5) is 0 Å². The fourth-order valence-electron chi connectivity index (χ4n) is 2.44. The van der Waals surface area contributed by atoms with E-state index in [4.69, 9.17) is 4.74 Å². The molecule has 5 nitrogen and oxygen atoms in total. The molecule has 1 aromatic rings. The minimum atomic E-state index is 0.687. The van der Waals surface area contributed by atoms with E-state index in [1.807, 2.05) is 12.1 Å².